The molecule has 0 aliphatic heterocycles. The predicted octanol–water partition coefficient (Wildman–Crippen LogP) is 4.27. The maximum absolute atomic E-state index is 12.0. The Kier molecular flexibility index (Phi) is 6.21. The SMILES string of the molecule is COC(=O)[C@@H](C=O)[C@H](Sc1ccccc1)c1cccc(Br)c1. The molecule has 22 heavy (non-hydrogen) atoms. The number of aldehydes is 1. The van der Waals surface area contributed by atoms with Gasteiger partial charge in [-0.1, -0.05) is 46.3 Å². The maximum Gasteiger partial charge on any atom is 0.317 e. The van der Waals surface area contributed by atoms with Gasteiger partial charge in [0, 0.05) is 9.37 Å². The van der Waals surface area contributed by atoms with Crippen molar-refractivity contribution in [3.63, 3.8) is 0 Å². The Morgan fingerprint density at radius 2 is 1.91 bits per heavy atom. The minimum atomic E-state index is -0.857. The zero-order chi connectivity index (χ0) is 15.9. The number of hydrogen-bond acceptors (Lipinski definition) is 4. The monoisotopic (exact) mass is 378 g/mol. The molecule has 5 heteroatoms. The van der Waals surface area contributed by atoms with Crippen molar-refractivity contribution >= 4 is 39.9 Å². The zero-order valence-electron chi connectivity index (χ0n) is 11.9. The van der Waals surface area contributed by atoms with Crippen molar-refractivity contribution < 1.29 is 14.3 Å². The fraction of sp³-hybridized carbons (Fsp3) is 0.176. The summed E-state index contributed by atoms with van der Waals surface area (Å²) in [6, 6.07) is 17.3. The third-order valence-corrected chi connectivity index (χ3v) is 4.99. The molecule has 2 atom stereocenters. The first kappa shape index (κ1) is 16.8. The normalized spacial score (nSPS) is 13.2. The van der Waals surface area contributed by atoms with Crippen LogP contribution in [0.15, 0.2) is 64.0 Å². The lowest BCUT2D eigenvalue weighted by Gasteiger charge is -2.21. The van der Waals surface area contributed by atoms with Crippen molar-refractivity contribution in [2.75, 3.05) is 7.11 Å². The Labute approximate surface area is 142 Å². The van der Waals surface area contributed by atoms with Gasteiger partial charge in [0.25, 0.3) is 0 Å². The molecule has 0 fully saturated rings. The quantitative estimate of drug-likeness (QED) is 0.325. The van der Waals surface area contributed by atoms with Crippen LogP contribution in [0, 0.1) is 5.92 Å². The van der Waals surface area contributed by atoms with E-state index in [1.807, 2.05) is 54.6 Å². The van der Waals surface area contributed by atoms with Crippen LogP contribution in [0.2, 0.25) is 0 Å². The lowest BCUT2D eigenvalue weighted by Crippen LogP contribution is -2.23. The summed E-state index contributed by atoms with van der Waals surface area (Å²) in [7, 11) is 1.30. The Bertz CT molecular complexity index is 645. The molecule has 0 saturated heterocycles. The molecule has 114 valence electrons. The van der Waals surface area contributed by atoms with E-state index in [9.17, 15) is 9.59 Å². The lowest BCUT2D eigenvalue weighted by molar-refractivity contribution is -0.146. The first-order valence-corrected chi connectivity index (χ1v) is 8.33. The smallest absolute Gasteiger partial charge is 0.317 e. The summed E-state index contributed by atoms with van der Waals surface area (Å²) in [4.78, 5) is 24.4. The van der Waals surface area contributed by atoms with E-state index in [0.717, 1.165) is 14.9 Å². The average Bonchev–Trinajstić information content (AvgIpc) is 2.55. The zero-order valence-corrected chi connectivity index (χ0v) is 14.3. The molecule has 2 aromatic carbocycles. The van der Waals surface area contributed by atoms with Crippen LogP contribution >= 0.6 is 27.7 Å². The molecule has 2 aromatic rings. The molecule has 0 radical (unpaired) electrons. The predicted molar refractivity (Wildman–Crippen MR) is 90.8 cm³/mol. The number of hydrogen-bond donors (Lipinski definition) is 0. The summed E-state index contributed by atoms with van der Waals surface area (Å²) in [5.41, 5.74) is 0.894. The second-order valence-electron chi connectivity index (χ2n) is 4.59. The summed E-state index contributed by atoms with van der Waals surface area (Å²) >= 11 is 4.90. The average molecular weight is 379 g/mol. The van der Waals surface area contributed by atoms with E-state index < -0.39 is 11.9 Å². The van der Waals surface area contributed by atoms with Gasteiger partial charge in [-0.05, 0) is 29.8 Å². The number of rotatable bonds is 6. The molecule has 0 saturated carbocycles. The molecular formula is C17H15BrO3S. The molecule has 0 amide bonds. The molecule has 0 unspecified atom stereocenters. The van der Waals surface area contributed by atoms with E-state index in [1.165, 1.54) is 18.9 Å². The van der Waals surface area contributed by atoms with Gasteiger partial charge in [0.15, 0.2) is 0 Å². The molecule has 0 spiro atoms. The second kappa shape index (κ2) is 8.15. The number of thioether (sulfide) groups is 1. The molecular weight excluding hydrogens is 364 g/mol. The molecule has 3 nitrogen and oxygen atoms in total. The Morgan fingerprint density at radius 1 is 1.18 bits per heavy atom. The molecule has 0 aliphatic carbocycles. The van der Waals surface area contributed by atoms with Gasteiger partial charge in [-0.2, -0.15) is 0 Å². The molecule has 0 bridgehead atoms. The highest BCUT2D eigenvalue weighted by molar-refractivity contribution is 9.10. The maximum atomic E-state index is 12.0. The van der Waals surface area contributed by atoms with Crippen LogP contribution in [0.4, 0.5) is 0 Å². The highest BCUT2D eigenvalue weighted by Crippen LogP contribution is 2.41. The van der Waals surface area contributed by atoms with Crippen LogP contribution in [0.1, 0.15) is 10.8 Å². The Hall–Kier alpha value is -1.59. The number of carbonyl (C=O) groups excluding carboxylic acids is 2. The van der Waals surface area contributed by atoms with Crippen LogP contribution in [-0.2, 0) is 14.3 Å². The van der Waals surface area contributed by atoms with Crippen molar-refractivity contribution in [2.45, 2.75) is 10.1 Å². The van der Waals surface area contributed by atoms with Gasteiger partial charge < -0.3 is 9.53 Å². The van der Waals surface area contributed by atoms with Crippen molar-refractivity contribution in [3.05, 3.63) is 64.6 Å². The Morgan fingerprint density at radius 3 is 2.50 bits per heavy atom. The van der Waals surface area contributed by atoms with Gasteiger partial charge in [0.1, 0.15) is 12.2 Å². The third-order valence-electron chi connectivity index (χ3n) is 3.13. The summed E-state index contributed by atoms with van der Waals surface area (Å²) in [5, 5.41) is -0.343. The molecule has 0 aromatic heterocycles. The van der Waals surface area contributed by atoms with E-state index in [2.05, 4.69) is 15.9 Å². The number of halogens is 1. The number of benzene rings is 2. The van der Waals surface area contributed by atoms with Crippen molar-refractivity contribution in [3.8, 4) is 0 Å². The highest BCUT2D eigenvalue weighted by Gasteiger charge is 2.31. The van der Waals surface area contributed by atoms with Crippen molar-refractivity contribution in [1.29, 1.82) is 0 Å². The molecule has 0 heterocycles. The van der Waals surface area contributed by atoms with Crippen LogP contribution in [0.5, 0.6) is 0 Å². The van der Waals surface area contributed by atoms with Gasteiger partial charge in [-0.3, -0.25) is 4.79 Å². The van der Waals surface area contributed by atoms with E-state index in [1.54, 1.807) is 0 Å². The largest absolute Gasteiger partial charge is 0.468 e. The lowest BCUT2D eigenvalue weighted by atomic mass is 10.00. The van der Waals surface area contributed by atoms with Crippen LogP contribution < -0.4 is 0 Å². The number of carbonyl (C=O) groups is 2. The fourth-order valence-electron chi connectivity index (χ4n) is 2.06. The van der Waals surface area contributed by atoms with Crippen molar-refractivity contribution in [2.24, 2.45) is 5.92 Å². The number of ether oxygens (including phenoxy) is 1. The molecule has 0 aliphatic rings. The topological polar surface area (TPSA) is 43.4 Å². The standard InChI is InChI=1S/C17H15BrO3S/c1-21-17(20)15(11-19)16(12-6-5-7-13(18)10-12)22-14-8-3-2-4-9-14/h2-11,15-16H,1H3/t15-,16+/m0/s1. The second-order valence-corrected chi connectivity index (χ2v) is 6.72. The summed E-state index contributed by atoms with van der Waals surface area (Å²) in [6.07, 6.45) is 0.660. The first-order chi connectivity index (χ1) is 10.7. The molecule has 2 rings (SSSR count). The van der Waals surface area contributed by atoms with E-state index >= 15 is 0 Å². The third kappa shape index (κ3) is 4.21. The van der Waals surface area contributed by atoms with Gasteiger partial charge >= 0.3 is 5.97 Å². The van der Waals surface area contributed by atoms with Gasteiger partial charge in [0.05, 0.1) is 12.4 Å². The minimum Gasteiger partial charge on any atom is -0.468 e. The van der Waals surface area contributed by atoms with Gasteiger partial charge in [-0.25, -0.2) is 0 Å². The minimum absolute atomic E-state index is 0.343. The molecule has 0 N–H and O–H groups in total. The fourth-order valence-corrected chi connectivity index (χ4v) is 3.69. The van der Waals surface area contributed by atoms with Crippen molar-refractivity contribution in [1.82, 2.24) is 0 Å². The van der Waals surface area contributed by atoms with Crippen LogP contribution in [0.3, 0.4) is 0 Å². The highest BCUT2D eigenvalue weighted by atomic mass is 79.9. The van der Waals surface area contributed by atoms with E-state index in [-0.39, 0.29) is 5.25 Å². The first-order valence-electron chi connectivity index (χ1n) is 6.66. The summed E-state index contributed by atoms with van der Waals surface area (Å²) in [6.45, 7) is 0. The van der Waals surface area contributed by atoms with E-state index in [0.29, 0.717) is 6.29 Å². The van der Waals surface area contributed by atoms with Crippen LogP contribution in [-0.4, -0.2) is 19.4 Å². The van der Waals surface area contributed by atoms with E-state index in [4.69, 9.17) is 4.74 Å². The Balaban J connectivity index is 2.39. The van der Waals surface area contributed by atoms with Gasteiger partial charge in [-0.15, -0.1) is 11.8 Å². The number of esters is 1. The van der Waals surface area contributed by atoms with Crippen LogP contribution in [0.25, 0.3) is 0 Å². The summed E-state index contributed by atoms with van der Waals surface area (Å²) in [5.74, 6) is -1.38. The summed E-state index contributed by atoms with van der Waals surface area (Å²) < 4.78 is 5.68. The number of methoxy groups -OCH3 is 1. The van der Waals surface area contributed by atoms with Gasteiger partial charge in [0.2, 0.25) is 0 Å².